The zero-order chi connectivity index (χ0) is 13.2. The van der Waals surface area contributed by atoms with Gasteiger partial charge in [0.2, 0.25) is 5.91 Å². The number of rotatable bonds is 3. The third kappa shape index (κ3) is 2.51. The number of aliphatic carboxylic acids is 1. The lowest BCUT2D eigenvalue weighted by Gasteiger charge is -2.35. The highest BCUT2D eigenvalue weighted by atomic mass is 16.5. The van der Waals surface area contributed by atoms with Crippen molar-refractivity contribution in [1.82, 2.24) is 5.32 Å². The number of amides is 1. The second kappa shape index (κ2) is 5.26. The number of ether oxygens (including phenoxy) is 1. The van der Waals surface area contributed by atoms with Gasteiger partial charge in [-0.15, -0.1) is 0 Å². The molecule has 2 rings (SSSR count). The first-order chi connectivity index (χ1) is 8.55. The molecule has 0 aromatic carbocycles. The van der Waals surface area contributed by atoms with Gasteiger partial charge in [-0.3, -0.25) is 4.79 Å². The topological polar surface area (TPSA) is 75.6 Å². The van der Waals surface area contributed by atoms with Crippen LogP contribution in [0.5, 0.6) is 0 Å². The van der Waals surface area contributed by atoms with Crippen molar-refractivity contribution in [2.75, 3.05) is 6.61 Å². The number of hydrogen-bond acceptors (Lipinski definition) is 3. The molecule has 2 N–H and O–H groups in total. The lowest BCUT2D eigenvalue weighted by atomic mass is 9.81. The fourth-order valence-corrected chi connectivity index (χ4v) is 2.89. The molecule has 2 aliphatic rings. The van der Waals surface area contributed by atoms with Crippen LogP contribution in [-0.2, 0) is 14.3 Å². The molecule has 1 amide bonds. The first kappa shape index (κ1) is 13.3. The van der Waals surface area contributed by atoms with E-state index in [1.54, 1.807) is 0 Å². The first-order valence-corrected chi connectivity index (χ1v) is 6.72. The van der Waals surface area contributed by atoms with Crippen molar-refractivity contribution in [2.24, 2.45) is 5.92 Å². The van der Waals surface area contributed by atoms with E-state index in [2.05, 4.69) is 5.32 Å². The van der Waals surface area contributed by atoms with Crippen LogP contribution in [-0.4, -0.2) is 35.2 Å². The van der Waals surface area contributed by atoms with Crippen molar-refractivity contribution in [2.45, 2.75) is 57.1 Å². The molecule has 18 heavy (non-hydrogen) atoms. The van der Waals surface area contributed by atoms with Gasteiger partial charge in [0.05, 0.1) is 0 Å². The summed E-state index contributed by atoms with van der Waals surface area (Å²) >= 11 is 0. The molecular formula is C13H21NO4. The summed E-state index contributed by atoms with van der Waals surface area (Å²) in [6, 6.07) is 0. The van der Waals surface area contributed by atoms with E-state index in [9.17, 15) is 14.7 Å². The number of hydrogen-bond donors (Lipinski definition) is 2. The summed E-state index contributed by atoms with van der Waals surface area (Å²) in [4.78, 5) is 23.6. The van der Waals surface area contributed by atoms with Crippen LogP contribution in [0.1, 0.15) is 45.4 Å². The van der Waals surface area contributed by atoms with Gasteiger partial charge in [-0.05, 0) is 25.2 Å². The summed E-state index contributed by atoms with van der Waals surface area (Å²) in [5.74, 6) is -1.01. The highest BCUT2D eigenvalue weighted by Crippen LogP contribution is 2.29. The Balaban J connectivity index is 2.04. The van der Waals surface area contributed by atoms with E-state index in [0.29, 0.717) is 19.4 Å². The van der Waals surface area contributed by atoms with Gasteiger partial charge in [-0.25, -0.2) is 4.79 Å². The lowest BCUT2D eigenvalue weighted by molar-refractivity contribution is -0.151. The highest BCUT2D eigenvalue weighted by Gasteiger charge is 2.43. The van der Waals surface area contributed by atoms with Crippen LogP contribution >= 0.6 is 0 Å². The van der Waals surface area contributed by atoms with E-state index in [-0.39, 0.29) is 11.8 Å². The van der Waals surface area contributed by atoms with E-state index < -0.39 is 17.6 Å². The summed E-state index contributed by atoms with van der Waals surface area (Å²) in [5, 5.41) is 12.1. The van der Waals surface area contributed by atoms with Crippen molar-refractivity contribution in [1.29, 1.82) is 0 Å². The highest BCUT2D eigenvalue weighted by molar-refractivity contribution is 5.89. The second-order valence-corrected chi connectivity index (χ2v) is 5.49. The maximum Gasteiger partial charge on any atom is 0.329 e. The number of carboxylic acid groups (broad SMARTS) is 1. The van der Waals surface area contributed by atoms with E-state index >= 15 is 0 Å². The fourth-order valence-electron chi connectivity index (χ4n) is 2.89. The van der Waals surface area contributed by atoms with Crippen LogP contribution < -0.4 is 5.32 Å². The number of carbonyl (C=O) groups is 2. The quantitative estimate of drug-likeness (QED) is 0.797. The monoisotopic (exact) mass is 255 g/mol. The molecule has 0 spiro atoms. The average molecular weight is 255 g/mol. The van der Waals surface area contributed by atoms with Crippen molar-refractivity contribution in [3.05, 3.63) is 0 Å². The van der Waals surface area contributed by atoms with Crippen LogP contribution in [0, 0.1) is 5.92 Å². The fraction of sp³-hybridized carbons (Fsp3) is 0.846. The summed E-state index contributed by atoms with van der Waals surface area (Å²) in [7, 11) is 0. The summed E-state index contributed by atoms with van der Waals surface area (Å²) < 4.78 is 5.39. The molecule has 2 atom stereocenters. The van der Waals surface area contributed by atoms with Gasteiger partial charge in [0.1, 0.15) is 11.6 Å². The zero-order valence-corrected chi connectivity index (χ0v) is 10.8. The molecule has 0 radical (unpaired) electrons. The van der Waals surface area contributed by atoms with Crippen molar-refractivity contribution >= 4 is 11.9 Å². The van der Waals surface area contributed by atoms with Gasteiger partial charge in [0.15, 0.2) is 0 Å². The Bertz CT molecular complexity index is 336. The molecule has 2 unspecified atom stereocenters. The summed E-state index contributed by atoms with van der Waals surface area (Å²) in [5.41, 5.74) is -1.07. The Morgan fingerprint density at radius 3 is 2.44 bits per heavy atom. The zero-order valence-electron chi connectivity index (χ0n) is 10.8. The smallest absolute Gasteiger partial charge is 0.329 e. The molecule has 2 fully saturated rings. The predicted octanol–water partition coefficient (Wildman–Crippen LogP) is 1.32. The van der Waals surface area contributed by atoms with E-state index in [1.165, 1.54) is 0 Å². The van der Waals surface area contributed by atoms with Gasteiger partial charge in [-0.1, -0.05) is 26.2 Å². The predicted molar refractivity (Wildman–Crippen MR) is 65.1 cm³/mol. The Morgan fingerprint density at radius 2 is 1.94 bits per heavy atom. The van der Waals surface area contributed by atoms with Crippen molar-refractivity contribution in [3.8, 4) is 0 Å². The van der Waals surface area contributed by atoms with E-state index in [4.69, 9.17) is 4.74 Å². The molecule has 1 aliphatic heterocycles. The molecule has 0 aromatic heterocycles. The summed E-state index contributed by atoms with van der Waals surface area (Å²) in [6.07, 6.45) is 4.17. The lowest BCUT2D eigenvalue weighted by Crippen LogP contribution is -2.58. The van der Waals surface area contributed by atoms with Crippen LogP contribution in [0.3, 0.4) is 0 Å². The van der Waals surface area contributed by atoms with Crippen molar-refractivity contribution < 1.29 is 19.4 Å². The number of carboxylic acids is 1. The van der Waals surface area contributed by atoms with Crippen molar-refractivity contribution in [3.63, 3.8) is 0 Å². The SMILES string of the molecule is CC1CCOC1C(=O)NC1(C(=O)O)CCCCC1. The maximum atomic E-state index is 12.1. The third-order valence-corrected chi connectivity index (χ3v) is 4.12. The first-order valence-electron chi connectivity index (χ1n) is 6.72. The molecule has 1 saturated heterocycles. The molecule has 5 heteroatoms. The van der Waals surface area contributed by atoms with Gasteiger partial charge >= 0.3 is 5.97 Å². The van der Waals surface area contributed by atoms with Gasteiger partial charge in [0, 0.05) is 6.61 Å². The van der Waals surface area contributed by atoms with Crippen LogP contribution in [0.4, 0.5) is 0 Å². The molecule has 1 heterocycles. The summed E-state index contributed by atoms with van der Waals surface area (Å²) in [6.45, 7) is 2.55. The van der Waals surface area contributed by atoms with E-state index in [0.717, 1.165) is 25.7 Å². The van der Waals surface area contributed by atoms with Gasteiger partial charge in [-0.2, -0.15) is 0 Å². The molecule has 5 nitrogen and oxygen atoms in total. The van der Waals surface area contributed by atoms with E-state index in [1.807, 2.05) is 6.92 Å². The Hall–Kier alpha value is -1.10. The normalized spacial score (nSPS) is 30.9. The molecule has 0 aromatic rings. The minimum atomic E-state index is -1.07. The Morgan fingerprint density at radius 1 is 1.28 bits per heavy atom. The Labute approximate surface area is 107 Å². The molecule has 1 aliphatic carbocycles. The minimum Gasteiger partial charge on any atom is -0.480 e. The molecule has 0 bridgehead atoms. The maximum absolute atomic E-state index is 12.1. The number of nitrogens with one attached hydrogen (secondary N) is 1. The van der Waals surface area contributed by atoms with Crippen LogP contribution in [0.2, 0.25) is 0 Å². The minimum absolute atomic E-state index is 0.166. The van der Waals surface area contributed by atoms with Gasteiger partial charge < -0.3 is 15.2 Å². The van der Waals surface area contributed by atoms with Crippen LogP contribution in [0.15, 0.2) is 0 Å². The standard InChI is InChI=1S/C13H21NO4/c1-9-5-8-18-10(9)11(15)14-13(12(16)17)6-3-2-4-7-13/h9-10H,2-8H2,1H3,(H,14,15)(H,16,17). The second-order valence-electron chi connectivity index (χ2n) is 5.49. The molecule has 102 valence electrons. The number of carbonyl (C=O) groups excluding carboxylic acids is 1. The molecule has 1 saturated carbocycles. The largest absolute Gasteiger partial charge is 0.480 e. The van der Waals surface area contributed by atoms with Crippen LogP contribution in [0.25, 0.3) is 0 Å². The average Bonchev–Trinajstić information content (AvgIpc) is 2.76. The molecular weight excluding hydrogens is 234 g/mol. The Kier molecular flexibility index (Phi) is 3.90. The third-order valence-electron chi connectivity index (χ3n) is 4.12. The van der Waals surface area contributed by atoms with Gasteiger partial charge in [0.25, 0.3) is 0 Å².